The summed E-state index contributed by atoms with van der Waals surface area (Å²) in [5.74, 6) is 7.70. The summed E-state index contributed by atoms with van der Waals surface area (Å²) in [5.41, 5.74) is 9.09. The van der Waals surface area contributed by atoms with Gasteiger partial charge in [-0.1, -0.05) is 12.1 Å². The van der Waals surface area contributed by atoms with Crippen molar-refractivity contribution in [3.8, 4) is 17.6 Å². The largest absolute Gasteiger partial charge is 0.493 e. The number of hydrogen-bond acceptors (Lipinski definition) is 8. The second-order valence-corrected chi connectivity index (χ2v) is 9.04. The van der Waals surface area contributed by atoms with Crippen LogP contribution in [0.25, 0.3) is 5.70 Å². The molecule has 1 amide bonds. The van der Waals surface area contributed by atoms with E-state index in [0.29, 0.717) is 35.6 Å². The third-order valence-electron chi connectivity index (χ3n) is 6.78. The number of benzene rings is 2. The van der Waals surface area contributed by atoms with E-state index in [2.05, 4.69) is 16.7 Å². The summed E-state index contributed by atoms with van der Waals surface area (Å²) in [4.78, 5) is 12.7. The second-order valence-electron chi connectivity index (χ2n) is 9.04. The third-order valence-corrected chi connectivity index (χ3v) is 6.78. The number of anilines is 1. The van der Waals surface area contributed by atoms with Crippen molar-refractivity contribution in [3.63, 3.8) is 0 Å². The van der Waals surface area contributed by atoms with Crippen molar-refractivity contribution in [2.45, 2.75) is 43.8 Å². The Balaban J connectivity index is 1.37. The van der Waals surface area contributed by atoms with Gasteiger partial charge in [0.1, 0.15) is 6.04 Å². The van der Waals surface area contributed by atoms with Gasteiger partial charge in [0.2, 0.25) is 5.91 Å². The first kappa shape index (κ1) is 24.4. The summed E-state index contributed by atoms with van der Waals surface area (Å²) < 4.78 is 10.6. The predicted molar refractivity (Wildman–Crippen MR) is 134 cm³/mol. The van der Waals surface area contributed by atoms with Crippen molar-refractivity contribution in [1.29, 1.82) is 5.26 Å². The van der Waals surface area contributed by atoms with E-state index in [1.54, 1.807) is 32.6 Å². The van der Waals surface area contributed by atoms with E-state index in [4.69, 9.17) is 21.1 Å². The number of piperidine rings is 1. The summed E-state index contributed by atoms with van der Waals surface area (Å²) in [6, 6.07) is 14.7. The van der Waals surface area contributed by atoms with Crippen LogP contribution in [0.15, 0.2) is 48.7 Å². The van der Waals surface area contributed by atoms with E-state index in [0.717, 1.165) is 36.1 Å². The summed E-state index contributed by atoms with van der Waals surface area (Å²) in [6.45, 7) is 0. The molecule has 2 aromatic carbocycles. The lowest BCUT2D eigenvalue weighted by molar-refractivity contribution is -0.124. The number of amides is 1. The number of fused-ring (bicyclic) bond motifs is 2. The van der Waals surface area contributed by atoms with Crippen LogP contribution in [0.2, 0.25) is 0 Å². The van der Waals surface area contributed by atoms with Crippen molar-refractivity contribution < 1.29 is 14.3 Å². The van der Waals surface area contributed by atoms with Gasteiger partial charge in [-0.2, -0.15) is 5.26 Å². The third kappa shape index (κ3) is 5.50. The molecule has 2 bridgehead atoms. The molecule has 0 aromatic heterocycles. The Morgan fingerprint density at radius 1 is 1.23 bits per heavy atom. The van der Waals surface area contributed by atoms with Crippen molar-refractivity contribution in [2.75, 3.05) is 19.2 Å². The summed E-state index contributed by atoms with van der Waals surface area (Å²) >= 11 is 0. The van der Waals surface area contributed by atoms with Crippen LogP contribution in [0.1, 0.15) is 30.4 Å². The van der Waals surface area contributed by atoms with Crippen LogP contribution in [-0.4, -0.2) is 38.3 Å². The zero-order valence-electron chi connectivity index (χ0n) is 20.0. The summed E-state index contributed by atoms with van der Waals surface area (Å²) in [5, 5.41) is 17.3. The highest BCUT2D eigenvalue weighted by Gasteiger charge is 2.43. The first-order valence-electron chi connectivity index (χ1n) is 11.7. The first-order valence-corrected chi connectivity index (χ1v) is 11.7. The highest BCUT2D eigenvalue weighted by atomic mass is 16.5. The number of nitrogens with two attached hydrogens (primary N) is 2. The van der Waals surface area contributed by atoms with Crippen molar-refractivity contribution in [1.82, 2.24) is 10.6 Å². The molecule has 2 fully saturated rings. The van der Waals surface area contributed by atoms with Gasteiger partial charge in [0, 0.05) is 24.2 Å². The van der Waals surface area contributed by atoms with Crippen LogP contribution >= 0.6 is 0 Å². The Morgan fingerprint density at radius 2 is 1.97 bits per heavy atom. The maximum absolute atomic E-state index is 12.7. The molecular weight excluding hydrogens is 444 g/mol. The van der Waals surface area contributed by atoms with E-state index < -0.39 is 6.04 Å². The zero-order chi connectivity index (χ0) is 24.9. The molecule has 1 heterocycles. The number of ether oxygens (including phenoxy) is 2. The lowest BCUT2D eigenvalue weighted by Crippen LogP contribution is -2.50. The summed E-state index contributed by atoms with van der Waals surface area (Å²) in [7, 11) is 3.14. The molecule has 4 atom stereocenters. The number of carbonyl (C=O) groups is 1. The smallest absolute Gasteiger partial charge is 0.238 e. The molecule has 3 unspecified atom stereocenters. The van der Waals surface area contributed by atoms with Crippen LogP contribution in [0.5, 0.6) is 11.5 Å². The highest BCUT2D eigenvalue weighted by molar-refractivity contribution is 5.83. The Labute approximate surface area is 205 Å². The van der Waals surface area contributed by atoms with Gasteiger partial charge in [0.15, 0.2) is 11.5 Å². The number of carbonyl (C=O) groups excluding carboxylic acids is 1. The number of hydrogen-bond donors (Lipinski definition) is 4. The van der Waals surface area contributed by atoms with Crippen LogP contribution in [0, 0.1) is 17.2 Å². The first-order chi connectivity index (χ1) is 16.9. The molecule has 0 radical (unpaired) electrons. The Hall–Kier alpha value is -3.74. The lowest BCUT2D eigenvalue weighted by Gasteiger charge is -2.23. The lowest BCUT2D eigenvalue weighted by atomic mass is 9.98. The minimum atomic E-state index is -0.594. The predicted octanol–water partition coefficient (Wildman–Crippen LogP) is 2.03. The van der Waals surface area contributed by atoms with Gasteiger partial charge < -0.3 is 25.8 Å². The van der Waals surface area contributed by atoms with Gasteiger partial charge in [-0.3, -0.25) is 9.80 Å². The highest BCUT2D eigenvalue weighted by Crippen LogP contribution is 2.35. The molecule has 2 aliphatic rings. The minimum absolute atomic E-state index is 0.0794. The second kappa shape index (κ2) is 10.7. The van der Waals surface area contributed by atoms with Crippen LogP contribution in [-0.2, 0) is 11.2 Å². The molecule has 6 N–H and O–H groups in total. The fraction of sp³-hybridized carbons (Fsp3) is 0.385. The van der Waals surface area contributed by atoms with E-state index in [-0.39, 0.29) is 11.9 Å². The number of nitrogens with one attached hydrogen (secondary N) is 2. The zero-order valence-corrected chi connectivity index (χ0v) is 20.0. The van der Waals surface area contributed by atoms with Crippen molar-refractivity contribution in [3.05, 3.63) is 59.8 Å². The van der Waals surface area contributed by atoms with E-state index in [1.165, 1.54) is 5.01 Å². The molecule has 0 spiro atoms. The van der Waals surface area contributed by atoms with Gasteiger partial charge in [-0.25, -0.2) is 5.84 Å². The molecular formula is C26H32N6O3. The van der Waals surface area contributed by atoms with Gasteiger partial charge in [-0.15, -0.1) is 0 Å². The molecule has 1 saturated heterocycles. The van der Waals surface area contributed by atoms with Crippen molar-refractivity contribution >= 4 is 17.3 Å². The number of nitriles is 1. The monoisotopic (exact) mass is 476 g/mol. The minimum Gasteiger partial charge on any atom is -0.493 e. The topological polar surface area (TPSA) is 139 Å². The molecule has 2 aromatic rings. The van der Waals surface area contributed by atoms with Gasteiger partial charge >= 0.3 is 0 Å². The molecule has 1 aliphatic carbocycles. The molecule has 35 heavy (non-hydrogen) atoms. The molecule has 4 rings (SSSR count). The van der Waals surface area contributed by atoms with Crippen LogP contribution < -0.4 is 36.7 Å². The fourth-order valence-corrected chi connectivity index (χ4v) is 4.90. The number of nitrogens with zero attached hydrogens (tertiary/aromatic N) is 2. The molecule has 1 aliphatic heterocycles. The molecule has 9 heteroatoms. The quantitative estimate of drug-likeness (QED) is 0.319. The van der Waals surface area contributed by atoms with E-state index in [1.807, 2.05) is 30.3 Å². The maximum atomic E-state index is 12.7. The normalized spacial score (nSPS) is 21.8. The molecule has 184 valence electrons. The fourth-order valence-electron chi connectivity index (χ4n) is 4.90. The number of rotatable bonds is 9. The average Bonchev–Trinajstić information content (AvgIpc) is 3.52. The number of methoxy groups -OCH3 is 2. The van der Waals surface area contributed by atoms with Crippen molar-refractivity contribution in [2.24, 2.45) is 17.5 Å². The SMILES string of the molecule is COc1ccc(/C(N)=C/N(N)c2ccc(C[C@@H](C#N)NC(=O)C3NC4CCC3C4)cc2)cc1OC. The van der Waals surface area contributed by atoms with Gasteiger partial charge in [-0.05, 0) is 61.1 Å². The number of hydrazine groups is 1. The molecule has 9 nitrogen and oxygen atoms in total. The molecule has 1 saturated carbocycles. The van der Waals surface area contributed by atoms with E-state index >= 15 is 0 Å². The Bertz CT molecular complexity index is 1130. The van der Waals surface area contributed by atoms with Crippen LogP contribution in [0.4, 0.5) is 5.69 Å². The standard InChI is InChI=1S/C26H32N6O3/c1-34-23-10-6-17(13-24(23)35-2)22(28)15-32(29)21-8-3-16(4-9-21)11-20(14-27)31-26(33)25-18-5-7-19(12-18)30-25/h3-4,6,8-10,13,15,18-20,25,30H,5,7,11-12,28-29H2,1-2H3,(H,31,33)/b22-15-/t18?,19?,20-,25?/m0/s1. The van der Waals surface area contributed by atoms with E-state index in [9.17, 15) is 10.1 Å². The van der Waals surface area contributed by atoms with Gasteiger partial charge in [0.25, 0.3) is 0 Å². The maximum Gasteiger partial charge on any atom is 0.238 e. The van der Waals surface area contributed by atoms with Gasteiger partial charge in [0.05, 0.1) is 37.7 Å². The summed E-state index contributed by atoms with van der Waals surface area (Å²) in [6.07, 6.45) is 5.30. The van der Waals surface area contributed by atoms with Crippen LogP contribution in [0.3, 0.4) is 0 Å². The Kier molecular flexibility index (Phi) is 7.44. The average molecular weight is 477 g/mol. The Morgan fingerprint density at radius 3 is 2.57 bits per heavy atom.